The van der Waals surface area contributed by atoms with Crippen LogP contribution in [0.2, 0.25) is 0 Å². The molecule has 0 aromatic heterocycles. The number of hydrogen-bond acceptors (Lipinski definition) is 2. The second-order valence-corrected chi connectivity index (χ2v) is 5.88. The van der Waals surface area contributed by atoms with Crippen molar-refractivity contribution in [1.29, 1.82) is 0 Å². The van der Waals surface area contributed by atoms with Crippen LogP contribution in [0.1, 0.15) is 70.4 Å². The van der Waals surface area contributed by atoms with Gasteiger partial charge in [0.15, 0.2) is 0 Å². The summed E-state index contributed by atoms with van der Waals surface area (Å²) in [6, 6.07) is 6.15. The Morgan fingerprint density at radius 1 is 1.15 bits per heavy atom. The van der Waals surface area contributed by atoms with Crippen molar-refractivity contribution in [3.63, 3.8) is 0 Å². The van der Waals surface area contributed by atoms with Crippen LogP contribution in [0, 0.1) is 12.8 Å². The van der Waals surface area contributed by atoms with Crippen LogP contribution in [0.25, 0.3) is 0 Å². The molecule has 0 aliphatic carbocycles. The van der Waals surface area contributed by atoms with Crippen molar-refractivity contribution in [3.8, 4) is 5.75 Å². The van der Waals surface area contributed by atoms with Crippen molar-refractivity contribution in [1.82, 2.24) is 0 Å². The largest absolute Gasteiger partial charge is 0.426 e. The van der Waals surface area contributed by atoms with Gasteiger partial charge in [-0.1, -0.05) is 52.7 Å². The Bertz CT molecular complexity index is 429. The smallest absolute Gasteiger partial charge is 0.314 e. The van der Waals surface area contributed by atoms with Crippen molar-refractivity contribution in [2.45, 2.75) is 66.2 Å². The van der Waals surface area contributed by atoms with Gasteiger partial charge in [0.25, 0.3) is 0 Å². The third-order valence-electron chi connectivity index (χ3n) is 3.70. The van der Waals surface area contributed by atoms with E-state index < -0.39 is 0 Å². The molecule has 20 heavy (non-hydrogen) atoms. The van der Waals surface area contributed by atoms with E-state index in [4.69, 9.17) is 4.74 Å². The number of rotatable bonds is 7. The Balaban J connectivity index is 2.85. The van der Waals surface area contributed by atoms with Crippen LogP contribution in [0.5, 0.6) is 5.75 Å². The molecule has 0 bridgehead atoms. The zero-order valence-corrected chi connectivity index (χ0v) is 13.5. The number of aryl methyl sites for hydroxylation is 1. The van der Waals surface area contributed by atoms with E-state index in [1.54, 1.807) is 0 Å². The molecule has 1 aromatic carbocycles. The number of benzene rings is 1. The highest BCUT2D eigenvalue weighted by atomic mass is 16.5. The topological polar surface area (TPSA) is 26.3 Å². The van der Waals surface area contributed by atoms with Gasteiger partial charge in [-0.05, 0) is 42.9 Å². The summed E-state index contributed by atoms with van der Waals surface area (Å²) in [5.41, 5.74) is 2.23. The summed E-state index contributed by atoms with van der Waals surface area (Å²) in [6.45, 7) is 10.5. The molecule has 0 unspecified atom stereocenters. The summed E-state index contributed by atoms with van der Waals surface area (Å²) in [5.74, 6) is 1.12. The molecule has 1 aromatic rings. The van der Waals surface area contributed by atoms with E-state index >= 15 is 0 Å². The molecule has 0 heterocycles. The number of carbonyl (C=O) groups excluding carboxylic acids is 1. The van der Waals surface area contributed by atoms with Crippen LogP contribution in [0.3, 0.4) is 0 Å². The van der Waals surface area contributed by atoms with Crippen LogP contribution in [0.4, 0.5) is 0 Å². The zero-order chi connectivity index (χ0) is 15.1. The van der Waals surface area contributed by atoms with Crippen LogP contribution in [0.15, 0.2) is 18.2 Å². The molecule has 0 aliphatic rings. The monoisotopic (exact) mass is 276 g/mol. The fraction of sp³-hybridized carbons (Fsp3) is 0.611. The molecule has 0 aliphatic heterocycles. The average Bonchev–Trinajstić information content (AvgIpc) is 2.40. The molecule has 0 amide bonds. The molecule has 0 spiro atoms. The van der Waals surface area contributed by atoms with Gasteiger partial charge in [-0.2, -0.15) is 0 Å². The quantitative estimate of drug-likeness (QED) is 0.503. The molecule has 112 valence electrons. The van der Waals surface area contributed by atoms with E-state index in [-0.39, 0.29) is 11.9 Å². The first kappa shape index (κ1) is 16.7. The van der Waals surface area contributed by atoms with E-state index in [1.807, 2.05) is 19.1 Å². The minimum Gasteiger partial charge on any atom is -0.426 e. The molecule has 0 atom stereocenters. The highest BCUT2D eigenvalue weighted by molar-refractivity contribution is 5.75. The molecule has 1 rings (SSSR count). The Kier molecular flexibility index (Phi) is 6.77. The zero-order valence-electron chi connectivity index (χ0n) is 13.5. The van der Waals surface area contributed by atoms with Crippen LogP contribution in [-0.2, 0) is 4.79 Å². The molecule has 0 saturated carbocycles. The van der Waals surface area contributed by atoms with Gasteiger partial charge in [0.2, 0.25) is 0 Å². The number of hydrogen-bond donors (Lipinski definition) is 0. The summed E-state index contributed by atoms with van der Waals surface area (Å²) in [7, 11) is 0. The number of ether oxygens (including phenoxy) is 1. The fourth-order valence-corrected chi connectivity index (χ4v) is 2.35. The van der Waals surface area contributed by atoms with Crippen LogP contribution >= 0.6 is 0 Å². The minimum atomic E-state index is -0.0716. The maximum atomic E-state index is 12.3. The molecule has 0 radical (unpaired) electrons. The Hall–Kier alpha value is -1.31. The Morgan fingerprint density at radius 3 is 2.25 bits per heavy atom. The number of carbonyl (C=O) groups is 1. The summed E-state index contributed by atoms with van der Waals surface area (Å²) >= 11 is 0. The van der Waals surface area contributed by atoms with Gasteiger partial charge in [-0.25, -0.2) is 0 Å². The van der Waals surface area contributed by atoms with Crippen molar-refractivity contribution in [2.75, 3.05) is 0 Å². The Labute approximate surface area is 123 Å². The van der Waals surface area contributed by atoms with Gasteiger partial charge >= 0.3 is 5.97 Å². The lowest BCUT2D eigenvalue weighted by molar-refractivity contribution is -0.139. The third kappa shape index (κ3) is 4.66. The van der Waals surface area contributed by atoms with E-state index in [1.165, 1.54) is 5.56 Å². The van der Waals surface area contributed by atoms with Gasteiger partial charge in [0.1, 0.15) is 5.75 Å². The molecule has 2 nitrogen and oxygen atoms in total. The lowest BCUT2D eigenvalue weighted by Gasteiger charge is -2.16. The van der Waals surface area contributed by atoms with Gasteiger partial charge in [0.05, 0.1) is 5.92 Å². The van der Waals surface area contributed by atoms with E-state index in [2.05, 4.69) is 33.8 Å². The summed E-state index contributed by atoms with van der Waals surface area (Å²) < 4.78 is 5.66. The van der Waals surface area contributed by atoms with Crippen molar-refractivity contribution in [2.24, 2.45) is 5.92 Å². The first-order valence-electron chi connectivity index (χ1n) is 7.81. The van der Waals surface area contributed by atoms with Crippen molar-refractivity contribution < 1.29 is 9.53 Å². The molecule has 0 fully saturated rings. The Morgan fingerprint density at radius 2 is 1.75 bits per heavy atom. The maximum absolute atomic E-state index is 12.3. The van der Waals surface area contributed by atoms with Gasteiger partial charge in [-0.3, -0.25) is 4.79 Å². The first-order valence-corrected chi connectivity index (χ1v) is 7.81. The van der Waals surface area contributed by atoms with Gasteiger partial charge in [0, 0.05) is 0 Å². The highest BCUT2D eigenvalue weighted by Gasteiger charge is 2.19. The van der Waals surface area contributed by atoms with Gasteiger partial charge < -0.3 is 4.74 Å². The standard InChI is InChI=1S/C18H28O2/c1-6-8-15(9-7-2)18(19)20-17-12-16(13(3)4)11-10-14(17)5/h10-13,15H,6-9H2,1-5H3. The maximum Gasteiger partial charge on any atom is 0.314 e. The third-order valence-corrected chi connectivity index (χ3v) is 3.70. The first-order chi connectivity index (χ1) is 9.49. The van der Waals surface area contributed by atoms with Gasteiger partial charge in [-0.15, -0.1) is 0 Å². The molecule has 2 heteroatoms. The molecular weight excluding hydrogens is 248 g/mol. The normalized spacial score (nSPS) is 11.2. The lowest BCUT2D eigenvalue weighted by atomic mass is 9.98. The highest BCUT2D eigenvalue weighted by Crippen LogP contribution is 2.26. The van der Waals surface area contributed by atoms with Crippen molar-refractivity contribution in [3.05, 3.63) is 29.3 Å². The molecule has 0 saturated heterocycles. The second kappa shape index (κ2) is 8.08. The minimum absolute atomic E-state index is 0.0344. The van der Waals surface area contributed by atoms with Crippen molar-refractivity contribution >= 4 is 5.97 Å². The average molecular weight is 276 g/mol. The van der Waals surface area contributed by atoms with Crippen LogP contribution < -0.4 is 4.74 Å². The molecular formula is C18H28O2. The molecule has 0 N–H and O–H groups in total. The second-order valence-electron chi connectivity index (χ2n) is 5.88. The summed E-state index contributed by atoms with van der Waals surface area (Å²) in [6.07, 6.45) is 3.86. The van der Waals surface area contributed by atoms with Crippen LogP contribution in [-0.4, -0.2) is 5.97 Å². The number of esters is 1. The summed E-state index contributed by atoms with van der Waals surface area (Å²) in [4.78, 5) is 12.3. The van der Waals surface area contributed by atoms with E-state index in [0.717, 1.165) is 37.0 Å². The predicted octanol–water partition coefficient (Wildman–Crippen LogP) is 5.24. The predicted molar refractivity (Wildman–Crippen MR) is 84.2 cm³/mol. The fourth-order valence-electron chi connectivity index (χ4n) is 2.35. The van der Waals surface area contributed by atoms with E-state index in [0.29, 0.717) is 5.92 Å². The SMILES string of the molecule is CCCC(CCC)C(=O)Oc1cc(C(C)C)ccc1C. The summed E-state index contributed by atoms with van der Waals surface area (Å²) in [5, 5.41) is 0. The lowest BCUT2D eigenvalue weighted by Crippen LogP contribution is -2.21. The van der Waals surface area contributed by atoms with E-state index in [9.17, 15) is 4.79 Å².